The summed E-state index contributed by atoms with van der Waals surface area (Å²) in [6.45, 7) is 4.43. The predicted molar refractivity (Wildman–Crippen MR) is 112 cm³/mol. The van der Waals surface area contributed by atoms with Crippen LogP contribution in [0.4, 0.5) is 0 Å². The zero-order valence-corrected chi connectivity index (χ0v) is 17.5. The molecule has 8 heteroatoms. The topological polar surface area (TPSA) is 64.9 Å². The average Bonchev–Trinajstić information content (AvgIpc) is 3.16. The van der Waals surface area contributed by atoms with Gasteiger partial charge in [-0.15, -0.1) is 5.10 Å². The van der Waals surface area contributed by atoms with Crippen molar-refractivity contribution in [3.63, 3.8) is 0 Å². The van der Waals surface area contributed by atoms with Crippen LogP contribution in [0.15, 0.2) is 58.2 Å². The number of hydrogen-bond donors (Lipinski definition) is 1. The minimum absolute atomic E-state index is 0.729. The lowest BCUT2D eigenvalue weighted by Gasteiger charge is -2.12. The highest BCUT2D eigenvalue weighted by Crippen LogP contribution is 2.23. The maximum Gasteiger partial charge on any atom is 0.214 e. The van der Waals surface area contributed by atoms with Crippen molar-refractivity contribution in [1.29, 1.82) is 0 Å². The molecule has 1 heterocycles. The number of ether oxygens (including phenoxy) is 1. The fourth-order valence-corrected chi connectivity index (χ4v) is 3.67. The van der Waals surface area contributed by atoms with Crippen LogP contribution in [0, 0.1) is 0 Å². The fourth-order valence-electron chi connectivity index (χ4n) is 2.48. The summed E-state index contributed by atoms with van der Waals surface area (Å²) in [5.74, 6) is 1.81. The van der Waals surface area contributed by atoms with Crippen LogP contribution < -0.4 is 10.1 Å². The lowest BCUT2D eigenvalue weighted by Crippen LogP contribution is -2.17. The van der Waals surface area contributed by atoms with Crippen LogP contribution in [0.1, 0.15) is 18.9 Å². The van der Waals surface area contributed by atoms with E-state index >= 15 is 0 Å². The maximum atomic E-state index is 5.83. The molecule has 0 aliphatic carbocycles. The summed E-state index contributed by atoms with van der Waals surface area (Å²) >= 11 is 5.16. The van der Waals surface area contributed by atoms with Crippen LogP contribution in [0.2, 0.25) is 0 Å². The highest BCUT2D eigenvalue weighted by molar-refractivity contribution is 9.10. The Balaban J connectivity index is 1.49. The van der Waals surface area contributed by atoms with Gasteiger partial charge in [0.2, 0.25) is 5.16 Å². The van der Waals surface area contributed by atoms with Gasteiger partial charge >= 0.3 is 0 Å². The molecule has 0 saturated heterocycles. The van der Waals surface area contributed by atoms with Gasteiger partial charge in [-0.25, -0.2) is 0 Å². The van der Waals surface area contributed by atoms with Crippen molar-refractivity contribution in [2.45, 2.75) is 25.0 Å². The summed E-state index contributed by atoms with van der Waals surface area (Å²) in [7, 11) is 0. The van der Waals surface area contributed by atoms with Crippen molar-refractivity contribution < 1.29 is 4.74 Å². The van der Waals surface area contributed by atoms with E-state index in [-0.39, 0.29) is 0 Å². The second kappa shape index (κ2) is 10.4. The maximum absolute atomic E-state index is 5.83. The number of halogens is 1. The molecule has 0 amide bonds. The van der Waals surface area contributed by atoms with Gasteiger partial charge in [0, 0.05) is 28.9 Å². The smallest absolute Gasteiger partial charge is 0.214 e. The van der Waals surface area contributed by atoms with Gasteiger partial charge in [0.25, 0.3) is 0 Å². The van der Waals surface area contributed by atoms with Gasteiger partial charge in [-0.2, -0.15) is 4.68 Å². The van der Waals surface area contributed by atoms with Gasteiger partial charge in [-0.1, -0.05) is 52.8 Å². The molecular formula is C19H22BrN5OS. The van der Waals surface area contributed by atoms with Crippen molar-refractivity contribution in [1.82, 2.24) is 25.5 Å². The van der Waals surface area contributed by atoms with E-state index in [9.17, 15) is 0 Å². The summed E-state index contributed by atoms with van der Waals surface area (Å²) in [4.78, 5) is 0. The van der Waals surface area contributed by atoms with Crippen molar-refractivity contribution in [3.05, 3.63) is 58.6 Å². The normalized spacial score (nSPS) is 10.9. The number of aromatic nitrogens is 4. The van der Waals surface area contributed by atoms with Gasteiger partial charge in [0.1, 0.15) is 5.75 Å². The Hall–Kier alpha value is -1.90. The van der Waals surface area contributed by atoms with Crippen LogP contribution in [0.3, 0.4) is 0 Å². The SMILES string of the molecule is CCCOc1ccc(Br)cc1CNCCSc1nnnn1-c1ccccc1. The second-order valence-electron chi connectivity index (χ2n) is 5.83. The molecule has 0 fully saturated rings. The minimum Gasteiger partial charge on any atom is -0.493 e. The Bertz CT molecular complexity index is 843. The van der Waals surface area contributed by atoms with E-state index in [1.165, 1.54) is 0 Å². The molecule has 0 radical (unpaired) electrons. The molecule has 27 heavy (non-hydrogen) atoms. The zero-order valence-electron chi connectivity index (χ0n) is 15.1. The van der Waals surface area contributed by atoms with Crippen molar-refractivity contribution in [2.75, 3.05) is 18.9 Å². The number of thioether (sulfide) groups is 1. The molecule has 0 atom stereocenters. The number of para-hydroxylation sites is 1. The first kappa shape index (κ1) is 19.9. The Morgan fingerprint density at radius 1 is 1.19 bits per heavy atom. The Kier molecular flexibility index (Phi) is 7.67. The third-order valence-corrected chi connectivity index (χ3v) is 5.17. The molecule has 6 nitrogen and oxygen atoms in total. The largest absolute Gasteiger partial charge is 0.493 e. The highest BCUT2D eigenvalue weighted by Gasteiger charge is 2.09. The van der Waals surface area contributed by atoms with Gasteiger partial charge in [0.15, 0.2) is 0 Å². The molecule has 0 spiro atoms. The third-order valence-electron chi connectivity index (χ3n) is 3.75. The summed E-state index contributed by atoms with van der Waals surface area (Å²) in [5.41, 5.74) is 2.11. The Labute approximate surface area is 171 Å². The van der Waals surface area contributed by atoms with Crippen LogP contribution in [0.5, 0.6) is 5.75 Å². The zero-order chi connectivity index (χ0) is 18.9. The number of nitrogens with zero attached hydrogens (tertiary/aromatic N) is 4. The molecule has 1 aromatic heterocycles. The monoisotopic (exact) mass is 447 g/mol. The first-order valence-electron chi connectivity index (χ1n) is 8.86. The number of rotatable bonds is 10. The van der Waals surface area contributed by atoms with Crippen LogP contribution >= 0.6 is 27.7 Å². The van der Waals surface area contributed by atoms with Gasteiger partial charge in [0.05, 0.1) is 12.3 Å². The highest BCUT2D eigenvalue weighted by atomic mass is 79.9. The molecule has 3 aromatic rings. The van der Waals surface area contributed by atoms with Crippen molar-refractivity contribution in [3.8, 4) is 11.4 Å². The van der Waals surface area contributed by atoms with Gasteiger partial charge in [-0.05, 0) is 47.2 Å². The third kappa shape index (κ3) is 5.79. The molecule has 0 aliphatic rings. The van der Waals surface area contributed by atoms with E-state index in [2.05, 4.69) is 49.8 Å². The molecule has 142 valence electrons. The number of hydrogen-bond acceptors (Lipinski definition) is 6. The van der Waals surface area contributed by atoms with Crippen LogP contribution in [0.25, 0.3) is 5.69 Å². The Morgan fingerprint density at radius 3 is 2.85 bits per heavy atom. The predicted octanol–water partition coefficient (Wildman–Crippen LogP) is 4.10. The van der Waals surface area contributed by atoms with Crippen LogP contribution in [-0.2, 0) is 6.54 Å². The van der Waals surface area contributed by atoms with E-state index in [0.29, 0.717) is 0 Å². The number of nitrogens with one attached hydrogen (secondary N) is 1. The summed E-state index contributed by atoms with van der Waals surface area (Å²) in [6.07, 6.45) is 0.996. The van der Waals surface area contributed by atoms with Gasteiger partial charge < -0.3 is 10.1 Å². The van der Waals surface area contributed by atoms with E-state index in [4.69, 9.17) is 4.74 Å². The molecule has 0 saturated carbocycles. The number of benzene rings is 2. The molecule has 1 N–H and O–H groups in total. The first-order chi connectivity index (χ1) is 13.3. The molecule has 0 aliphatic heterocycles. The van der Waals surface area contributed by atoms with E-state index in [0.717, 1.165) is 58.5 Å². The lowest BCUT2D eigenvalue weighted by molar-refractivity contribution is 0.313. The summed E-state index contributed by atoms with van der Waals surface area (Å²) in [5, 5.41) is 16.2. The minimum atomic E-state index is 0.729. The molecular weight excluding hydrogens is 426 g/mol. The first-order valence-corrected chi connectivity index (χ1v) is 10.6. The molecule has 2 aromatic carbocycles. The quantitative estimate of drug-likeness (QED) is 0.372. The number of tetrazole rings is 1. The van der Waals surface area contributed by atoms with Crippen LogP contribution in [-0.4, -0.2) is 39.1 Å². The summed E-state index contributed by atoms with van der Waals surface area (Å²) < 4.78 is 8.64. The fraction of sp³-hybridized carbons (Fsp3) is 0.316. The van der Waals surface area contributed by atoms with E-state index in [1.807, 2.05) is 42.5 Å². The van der Waals surface area contributed by atoms with Gasteiger partial charge in [-0.3, -0.25) is 0 Å². The van der Waals surface area contributed by atoms with E-state index in [1.54, 1.807) is 16.4 Å². The molecule has 0 bridgehead atoms. The van der Waals surface area contributed by atoms with E-state index < -0.39 is 0 Å². The molecule has 3 rings (SSSR count). The Morgan fingerprint density at radius 2 is 2.04 bits per heavy atom. The lowest BCUT2D eigenvalue weighted by atomic mass is 10.2. The average molecular weight is 448 g/mol. The van der Waals surface area contributed by atoms with Crippen molar-refractivity contribution in [2.24, 2.45) is 0 Å². The van der Waals surface area contributed by atoms with Crippen molar-refractivity contribution >= 4 is 27.7 Å². The second-order valence-corrected chi connectivity index (χ2v) is 7.81. The summed E-state index contributed by atoms with van der Waals surface area (Å²) in [6, 6.07) is 16.0. The molecule has 0 unspecified atom stereocenters. The standard InChI is InChI=1S/C19H22BrN5OS/c1-2-11-26-18-9-8-16(20)13-15(18)14-21-10-12-27-19-22-23-24-25(19)17-6-4-3-5-7-17/h3-9,13,21H,2,10-12,14H2,1H3.